The van der Waals surface area contributed by atoms with Crippen molar-refractivity contribution in [3.8, 4) is 0 Å². The maximum atomic E-state index is 5.98. The zero-order valence-corrected chi connectivity index (χ0v) is 12.7. The van der Waals surface area contributed by atoms with E-state index in [0.29, 0.717) is 6.04 Å². The van der Waals surface area contributed by atoms with Crippen LogP contribution in [0.3, 0.4) is 0 Å². The summed E-state index contributed by atoms with van der Waals surface area (Å²) in [6.07, 6.45) is 2.59. The van der Waals surface area contributed by atoms with Crippen LogP contribution < -0.4 is 5.32 Å². The van der Waals surface area contributed by atoms with Crippen molar-refractivity contribution in [2.75, 3.05) is 20.1 Å². The molecule has 1 unspecified atom stereocenters. The molecule has 4 heteroatoms. The van der Waals surface area contributed by atoms with Gasteiger partial charge in [-0.3, -0.25) is 4.90 Å². The van der Waals surface area contributed by atoms with Crippen LogP contribution in [0, 0.1) is 6.92 Å². The summed E-state index contributed by atoms with van der Waals surface area (Å²) in [5.74, 6) is 0. The Morgan fingerprint density at radius 2 is 2.22 bits per heavy atom. The lowest BCUT2D eigenvalue weighted by atomic mass is 10.0. The Balaban J connectivity index is 0.00000162. The molecule has 1 atom stereocenters. The van der Waals surface area contributed by atoms with Gasteiger partial charge in [-0.2, -0.15) is 0 Å². The quantitative estimate of drug-likeness (QED) is 0.919. The number of hydrogen-bond donors (Lipinski definition) is 1. The maximum Gasteiger partial charge on any atom is 0.0408 e. The van der Waals surface area contributed by atoms with Gasteiger partial charge in [-0.25, -0.2) is 0 Å². The van der Waals surface area contributed by atoms with E-state index in [0.717, 1.165) is 18.1 Å². The molecule has 2 rings (SSSR count). The van der Waals surface area contributed by atoms with Crippen LogP contribution in [-0.2, 0) is 6.54 Å². The number of aryl methyl sites for hydroxylation is 1. The first-order chi connectivity index (χ1) is 8.19. The van der Waals surface area contributed by atoms with Crippen LogP contribution in [0.15, 0.2) is 18.2 Å². The highest BCUT2D eigenvalue weighted by Gasteiger charge is 2.18. The SMILES string of the molecule is CNC1CCCN(Cc2ccc(Cl)cc2C)C1.Cl. The summed E-state index contributed by atoms with van der Waals surface area (Å²) in [6, 6.07) is 6.84. The molecule has 0 aliphatic carbocycles. The molecule has 0 bridgehead atoms. The van der Waals surface area contributed by atoms with Crippen molar-refractivity contribution >= 4 is 24.0 Å². The van der Waals surface area contributed by atoms with Gasteiger partial charge in [0.15, 0.2) is 0 Å². The van der Waals surface area contributed by atoms with Gasteiger partial charge in [0, 0.05) is 24.2 Å². The highest BCUT2D eigenvalue weighted by atomic mass is 35.5. The zero-order valence-electron chi connectivity index (χ0n) is 11.1. The van der Waals surface area contributed by atoms with Crippen LogP contribution in [0.5, 0.6) is 0 Å². The number of likely N-dealkylation sites (tertiary alicyclic amines) is 1. The molecule has 1 saturated heterocycles. The number of nitrogens with zero attached hydrogens (tertiary/aromatic N) is 1. The minimum absolute atomic E-state index is 0. The van der Waals surface area contributed by atoms with Gasteiger partial charge >= 0.3 is 0 Å². The van der Waals surface area contributed by atoms with Crippen molar-refractivity contribution in [2.24, 2.45) is 0 Å². The summed E-state index contributed by atoms with van der Waals surface area (Å²) in [7, 11) is 2.06. The summed E-state index contributed by atoms with van der Waals surface area (Å²) >= 11 is 5.98. The van der Waals surface area contributed by atoms with Gasteiger partial charge in [0.2, 0.25) is 0 Å². The lowest BCUT2D eigenvalue weighted by molar-refractivity contribution is 0.187. The molecule has 1 heterocycles. The fourth-order valence-electron chi connectivity index (χ4n) is 2.51. The summed E-state index contributed by atoms with van der Waals surface area (Å²) in [4.78, 5) is 2.53. The molecular weight excluding hydrogens is 267 g/mol. The molecule has 0 radical (unpaired) electrons. The number of nitrogens with one attached hydrogen (secondary N) is 1. The monoisotopic (exact) mass is 288 g/mol. The number of benzene rings is 1. The Bertz CT molecular complexity index is 382. The van der Waals surface area contributed by atoms with Gasteiger partial charge in [0.25, 0.3) is 0 Å². The lowest BCUT2D eigenvalue weighted by Gasteiger charge is -2.32. The number of rotatable bonds is 3. The molecule has 1 aliphatic heterocycles. The molecule has 2 nitrogen and oxygen atoms in total. The fourth-order valence-corrected chi connectivity index (χ4v) is 2.74. The van der Waals surface area contributed by atoms with Crippen molar-refractivity contribution in [3.63, 3.8) is 0 Å². The van der Waals surface area contributed by atoms with E-state index in [2.05, 4.69) is 36.3 Å². The number of piperidine rings is 1. The molecular formula is C14H22Cl2N2. The number of likely N-dealkylation sites (N-methyl/N-ethyl adjacent to an activating group) is 1. The normalized spacial score (nSPS) is 20.5. The Kier molecular flexibility index (Phi) is 6.44. The third-order valence-electron chi connectivity index (χ3n) is 3.61. The largest absolute Gasteiger partial charge is 0.316 e. The summed E-state index contributed by atoms with van der Waals surface area (Å²) in [5.41, 5.74) is 2.69. The molecule has 1 N–H and O–H groups in total. The van der Waals surface area contributed by atoms with Gasteiger partial charge in [0.05, 0.1) is 0 Å². The van der Waals surface area contributed by atoms with Crippen LogP contribution in [0.1, 0.15) is 24.0 Å². The third kappa shape index (κ3) is 4.13. The zero-order chi connectivity index (χ0) is 12.3. The molecule has 0 aromatic heterocycles. The Morgan fingerprint density at radius 1 is 1.44 bits per heavy atom. The molecule has 1 fully saturated rings. The van der Waals surface area contributed by atoms with Crippen molar-refractivity contribution in [3.05, 3.63) is 34.3 Å². The molecule has 102 valence electrons. The molecule has 1 aromatic carbocycles. The van der Waals surface area contributed by atoms with Crippen molar-refractivity contribution in [2.45, 2.75) is 32.4 Å². The van der Waals surface area contributed by atoms with E-state index in [1.165, 1.54) is 30.5 Å². The van der Waals surface area contributed by atoms with Crippen LogP contribution in [0.2, 0.25) is 5.02 Å². The molecule has 1 aromatic rings. The van der Waals surface area contributed by atoms with Crippen LogP contribution in [0.25, 0.3) is 0 Å². The molecule has 1 aliphatic rings. The van der Waals surface area contributed by atoms with Crippen molar-refractivity contribution in [1.29, 1.82) is 0 Å². The minimum Gasteiger partial charge on any atom is -0.316 e. The molecule has 0 amide bonds. The molecule has 18 heavy (non-hydrogen) atoms. The standard InChI is InChI=1S/C14H21ClN2.ClH/c1-11-8-13(15)6-5-12(11)9-17-7-3-4-14(10-17)16-2;/h5-6,8,14,16H,3-4,7,9-10H2,1-2H3;1H. The van der Waals surface area contributed by atoms with Gasteiger partial charge < -0.3 is 5.32 Å². The van der Waals surface area contributed by atoms with Crippen molar-refractivity contribution < 1.29 is 0 Å². The van der Waals surface area contributed by atoms with E-state index < -0.39 is 0 Å². The van der Waals surface area contributed by atoms with Crippen LogP contribution >= 0.6 is 24.0 Å². The summed E-state index contributed by atoms with van der Waals surface area (Å²) in [5, 5.41) is 4.21. The van der Waals surface area contributed by atoms with Gasteiger partial charge in [-0.05, 0) is 56.6 Å². The van der Waals surface area contributed by atoms with Crippen LogP contribution in [-0.4, -0.2) is 31.1 Å². The number of halogens is 2. The summed E-state index contributed by atoms with van der Waals surface area (Å²) in [6.45, 7) is 5.54. The topological polar surface area (TPSA) is 15.3 Å². The van der Waals surface area contributed by atoms with Crippen LogP contribution in [0.4, 0.5) is 0 Å². The Hall–Kier alpha value is -0.280. The van der Waals surface area contributed by atoms with Gasteiger partial charge in [0.1, 0.15) is 0 Å². The first-order valence-corrected chi connectivity index (χ1v) is 6.71. The van der Waals surface area contributed by atoms with Gasteiger partial charge in [-0.1, -0.05) is 17.7 Å². The first-order valence-electron chi connectivity index (χ1n) is 6.33. The molecule has 0 saturated carbocycles. The fraction of sp³-hybridized carbons (Fsp3) is 0.571. The second-order valence-corrected chi connectivity index (χ2v) is 5.37. The van der Waals surface area contributed by atoms with E-state index in [9.17, 15) is 0 Å². The van der Waals surface area contributed by atoms with Crippen molar-refractivity contribution in [1.82, 2.24) is 10.2 Å². The predicted molar refractivity (Wildman–Crippen MR) is 80.8 cm³/mol. The average Bonchev–Trinajstić information content (AvgIpc) is 2.33. The Morgan fingerprint density at radius 3 is 2.89 bits per heavy atom. The van der Waals surface area contributed by atoms with E-state index in [1.807, 2.05) is 6.07 Å². The van der Waals surface area contributed by atoms with E-state index in [4.69, 9.17) is 11.6 Å². The summed E-state index contributed by atoms with van der Waals surface area (Å²) < 4.78 is 0. The third-order valence-corrected chi connectivity index (χ3v) is 3.85. The highest BCUT2D eigenvalue weighted by Crippen LogP contribution is 2.19. The number of hydrogen-bond acceptors (Lipinski definition) is 2. The van der Waals surface area contributed by atoms with E-state index in [-0.39, 0.29) is 12.4 Å². The maximum absolute atomic E-state index is 5.98. The second kappa shape index (κ2) is 7.34. The highest BCUT2D eigenvalue weighted by molar-refractivity contribution is 6.30. The smallest absolute Gasteiger partial charge is 0.0408 e. The van der Waals surface area contributed by atoms with E-state index in [1.54, 1.807) is 0 Å². The predicted octanol–water partition coefficient (Wildman–Crippen LogP) is 3.25. The molecule has 0 spiro atoms. The lowest BCUT2D eigenvalue weighted by Crippen LogP contribution is -2.43. The first kappa shape index (κ1) is 15.8. The van der Waals surface area contributed by atoms with E-state index >= 15 is 0 Å². The minimum atomic E-state index is 0. The average molecular weight is 289 g/mol. The second-order valence-electron chi connectivity index (χ2n) is 4.93. The van der Waals surface area contributed by atoms with Gasteiger partial charge in [-0.15, -0.1) is 12.4 Å². The Labute approximate surface area is 121 Å².